The molecular weight excluding hydrogens is 206 g/mol. The summed E-state index contributed by atoms with van der Waals surface area (Å²) in [5, 5.41) is 9.27. The summed E-state index contributed by atoms with van der Waals surface area (Å²) in [6.45, 7) is 6.72. The molecule has 92 valence electrons. The molecule has 0 aliphatic carbocycles. The highest BCUT2D eigenvalue weighted by atomic mass is 16.5. The van der Waals surface area contributed by atoms with Crippen molar-refractivity contribution < 1.29 is 14.6 Å². The van der Waals surface area contributed by atoms with Gasteiger partial charge >= 0.3 is 5.97 Å². The van der Waals surface area contributed by atoms with Crippen molar-refractivity contribution in [3.63, 3.8) is 0 Å². The average molecular weight is 227 g/mol. The Balaban J connectivity index is 2.04. The van der Waals surface area contributed by atoms with Crippen LogP contribution in [0, 0.1) is 11.8 Å². The molecule has 2 aliphatic heterocycles. The molecule has 0 bridgehead atoms. The van der Waals surface area contributed by atoms with Crippen LogP contribution in [0.2, 0.25) is 0 Å². The average Bonchev–Trinajstić information content (AvgIpc) is 2.84. The molecule has 0 amide bonds. The van der Waals surface area contributed by atoms with Gasteiger partial charge in [-0.1, -0.05) is 6.92 Å². The molecule has 4 atom stereocenters. The topological polar surface area (TPSA) is 49.8 Å². The van der Waals surface area contributed by atoms with Gasteiger partial charge in [0.05, 0.1) is 6.61 Å². The van der Waals surface area contributed by atoms with Crippen LogP contribution in [0.15, 0.2) is 0 Å². The van der Waals surface area contributed by atoms with Gasteiger partial charge in [0.1, 0.15) is 6.04 Å². The first-order valence-electron chi connectivity index (χ1n) is 6.17. The van der Waals surface area contributed by atoms with Crippen LogP contribution in [-0.4, -0.2) is 47.8 Å². The third-order valence-corrected chi connectivity index (χ3v) is 4.16. The molecule has 0 aromatic heterocycles. The van der Waals surface area contributed by atoms with Gasteiger partial charge in [0.2, 0.25) is 0 Å². The van der Waals surface area contributed by atoms with Crippen molar-refractivity contribution in [2.45, 2.75) is 38.8 Å². The lowest BCUT2D eigenvalue weighted by Gasteiger charge is -2.32. The van der Waals surface area contributed by atoms with Crippen LogP contribution < -0.4 is 0 Å². The Hall–Kier alpha value is -0.610. The fourth-order valence-corrected chi connectivity index (χ4v) is 3.02. The van der Waals surface area contributed by atoms with Crippen molar-refractivity contribution in [1.29, 1.82) is 0 Å². The van der Waals surface area contributed by atoms with Crippen molar-refractivity contribution in [2.75, 3.05) is 19.8 Å². The molecule has 4 nitrogen and oxygen atoms in total. The van der Waals surface area contributed by atoms with Crippen LogP contribution in [0.4, 0.5) is 0 Å². The van der Waals surface area contributed by atoms with Crippen molar-refractivity contribution in [3.8, 4) is 0 Å². The summed E-state index contributed by atoms with van der Waals surface area (Å²) in [7, 11) is 0. The predicted octanol–water partition coefficient (Wildman–Crippen LogP) is 1.21. The number of hydrogen-bond donors (Lipinski definition) is 1. The molecule has 0 aromatic carbocycles. The first kappa shape index (κ1) is 11.9. The Kier molecular flexibility index (Phi) is 3.50. The number of carbonyl (C=O) groups is 1. The Bertz CT molecular complexity index is 263. The van der Waals surface area contributed by atoms with Gasteiger partial charge in [-0.3, -0.25) is 9.69 Å². The molecule has 0 spiro atoms. The van der Waals surface area contributed by atoms with Gasteiger partial charge < -0.3 is 9.84 Å². The minimum absolute atomic E-state index is 0.266. The summed E-state index contributed by atoms with van der Waals surface area (Å²) in [5.74, 6) is 0.102. The van der Waals surface area contributed by atoms with Crippen LogP contribution >= 0.6 is 0 Å². The molecule has 0 radical (unpaired) electrons. The number of hydrogen-bond acceptors (Lipinski definition) is 3. The zero-order valence-electron chi connectivity index (χ0n) is 10.1. The number of nitrogens with zero attached hydrogens (tertiary/aromatic N) is 1. The largest absolute Gasteiger partial charge is 0.480 e. The number of carboxylic acids is 1. The Morgan fingerprint density at radius 2 is 2.25 bits per heavy atom. The summed E-state index contributed by atoms with van der Waals surface area (Å²) in [6, 6.07) is 0.0316. The van der Waals surface area contributed by atoms with E-state index in [1.807, 2.05) is 6.92 Å². The molecular formula is C12H21NO3. The van der Waals surface area contributed by atoms with Crippen LogP contribution in [0.25, 0.3) is 0 Å². The second-order valence-corrected chi connectivity index (χ2v) is 5.15. The number of rotatable bonds is 3. The van der Waals surface area contributed by atoms with E-state index < -0.39 is 5.97 Å². The molecule has 2 saturated heterocycles. The van der Waals surface area contributed by atoms with Crippen molar-refractivity contribution in [3.05, 3.63) is 0 Å². The van der Waals surface area contributed by atoms with E-state index in [0.717, 1.165) is 32.6 Å². The Labute approximate surface area is 96.6 Å². The van der Waals surface area contributed by atoms with Gasteiger partial charge in [0.25, 0.3) is 0 Å². The molecule has 2 heterocycles. The Morgan fingerprint density at radius 1 is 1.50 bits per heavy atom. The molecule has 4 heteroatoms. The summed E-state index contributed by atoms with van der Waals surface area (Å²) in [5.41, 5.74) is 0. The molecule has 16 heavy (non-hydrogen) atoms. The highest BCUT2D eigenvalue weighted by Gasteiger charge is 2.41. The molecule has 1 N–H and O–H groups in total. The van der Waals surface area contributed by atoms with E-state index in [9.17, 15) is 9.90 Å². The predicted molar refractivity (Wildman–Crippen MR) is 60.3 cm³/mol. The van der Waals surface area contributed by atoms with Crippen LogP contribution in [-0.2, 0) is 9.53 Å². The summed E-state index contributed by atoms with van der Waals surface area (Å²) >= 11 is 0. The lowest BCUT2D eigenvalue weighted by atomic mass is 9.97. The second-order valence-electron chi connectivity index (χ2n) is 5.15. The SMILES string of the molecule is CC1CCN(C(C)C2CCOC2)C1C(=O)O. The number of likely N-dealkylation sites (tertiary alicyclic amines) is 1. The first-order chi connectivity index (χ1) is 7.61. The number of aliphatic carboxylic acids is 1. The summed E-state index contributed by atoms with van der Waals surface area (Å²) in [6.07, 6.45) is 2.06. The maximum Gasteiger partial charge on any atom is 0.321 e. The van der Waals surface area contributed by atoms with Crippen LogP contribution in [0.1, 0.15) is 26.7 Å². The monoisotopic (exact) mass is 227 g/mol. The summed E-state index contributed by atoms with van der Waals surface area (Å²) in [4.78, 5) is 13.4. The fraction of sp³-hybridized carbons (Fsp3) is 0.917. The Morgan fingerprint density at radius 3 is 2.81 bits per heavy atom. The van der Waals surface area contributed by atoms with Crippen molar-refractivity contribution >= 4 is 5.97 Å². The van der Waals surface area contributed by atoms with Gasteiger partial charge in [-0.2, -0.15) is 0 Å². The van der Waals surface area contributed by atoms with Gasteiger partial charge in [-0.15, -0.1) is 0 Å². The smallest absolute Gasteiger partial charge is 0.321 e. The standard InChI is InChI=1S/C12H21NO3/c1-8-3-5-13(11(8)12(14)15)9(2)10-4-6-16-7-10/h8-11H,3-7H2,1-2H3,(H,14,15). The number of carboxylic acid groups (broad SMARTS) is 1. The summed E-state index contributed by atoms with van der Waals surface area (Å²) < 4.78 is 5.39. The third-order valence-electron chi connectivity index (χ3n) is 4.16. The fourth-order valence-electron chi connectivity index (χ4n) is 3.02. The van der Waals surface area contributed by atoms with E-state index in [1.54, 1.807) is 0 Å². The van der Waals surface area contributed by atoms with E-state index in [-0.39, 0.29) is 12.0 Å². The van der Waals surface area contributed by atoms with Crippen LogP contribution in [0.3, 0.4) is 0 Å². The van der Waals surface area contributed by atoms with Crippen molar-refractivity contribution in [1.82, 2.24) is 4.90 Å². The molecule has 0 aromatic rings. The maximum atomic E-state index is 11.3. The zero-order chi connectivity index (χ0) is 11.7. The zero-order valence-corrected chi connectivity index (χ0v) is 10.1. The van der Waals surface area contributed by atoms with E-state index >= 15 is 0 Å². The van der Waals surface area contributed by atoms with Gasteiger partial charge in [0.15, 0.2) is 0 Å². The van der Waals surface area contributed by atoms with E-state index in [2.05, 4.69) is 11.8 Å². The minimum atomic E-state index is -0.671. The highest BCUT2D eigenvalue weighted by molar-refractivity contribution is 5.74. The molecule has 4 unspecified atom stereocenters. The molecule has 2 fully saturated rings. The molecule has 0 saturated carbocycles. The maximum absolute atomic E-state index is 11.3. The second kappa shape index (κ2) is 4.72. The normalized spacial score (nSPS) is 37.8. The quantitative estimate of drug-likeness (QED) is 0.787. The molecule has 2 rings (SSSR count). The molecule has 2 aliphatic rings. The number of ether oxygens (including phenoxy) is 1. The van der Waals surface area contributed by atoms with Gasteiger partial charge in [-0.25, -0.2) is 0 Å². The van der Waals surface area contributed by atoms with E-state index in [0.29, 0.717) is 12.0 Å². The lowest BCUT2D eigenvalue weighted by molar-refractivity contribution is -0.144. The van der Waals surface area contributed by atoms with E-state index in [1.165, 1.54) is 0 Å². The minimum Gasteiger partial charge on any atom is -0.480 e. The highest BCUT2D eigenvalue weighted by Crippen LogP contribution is 2.31. The van der Waals surface area contributed by atoms with E-state index in [4.69, 9.17) is 4.74 Å². The van der Waals surface area contributed by atoms with Gasteiger partial charge in [0, 0.05) is 12.6 Å². The third kappa shape index (κ3) is 2.09. The van der Waals surface area contributed by atoms with Crippen molar-refractivity contribution in [2.24, 2.45) is 11.8 Å². The van der Waals surface area contributed by atoms with Gasteiger partial charge in [-0.05, 0) is 38.1 Å². The first-order valence-corrected chi connectivity index (χ1v) is 6.17. The van der Waals surface area contributed by atoms with Crippen LogP contribution in [0.5, 0.6) is 0 Å². The lowest BCUT2D eigenvalue weighted by Crippen LogP contribution is -2.47.